The van der Waals surface area contributed by atoms with Crippen LogP contribution in [0.4, 0.5) is 0 Å². The van der Waals surface area contributed by atoms with E-state index in [9.17, 15) is 4.79 Å². The summed E-state index contributed by atoms with van der Waals surface area (Å²) in [6, 6.07) is 3.26. The highest BCUT2D eigenvalue weighted by atomic mass is 16.4. The van der Waals surface area contributed by atoms with E-state index in [1.807, 2.05) is 20.8 Å². The average Bonchev–Trinajstić information content (AvgIpc) is 2.63. The molecule has 4 heteroatoms. The number of aromatic amines is 1. The molecule has 1 aromatic heterocycles. The standard InChI is InChI=1S/C14H18N2O2/c1-7-4-5-8(2)13-12(7)10(9(3)16-13)6-11(15)14(17)18/h4-5,11,16H,6,15H2,1-3H3,(H,17,18). The van der Waals surface area contributed by atoms with Gasteiger partial charge >= 0.3 is 5.97 Å². The zero-order chi connectivity index (χ0) is 13.4. The molecule has 1 atom stereocenters. The smallest absolute Gasteiger partial charge is 0.320 e. The van der Waals surface area contributed by atoms with Crippen molar-refractivity contribution >= 4 is 16.9 Å². The Morgan fingerprint density at radius 3 is 2.56 bits per heavy atom. The van der Waals surface area contributed by atoms with Gasteiger partial charge in [0, 0.05) is 23.0 Å². The van der Waals surface area contributed by atoms with Crippen LogP contribution in [0.2, 0.25) is 0 Å². The number of aliphatic carboxylic acids is 1. The predicted molar refractivity (Wildman–Crippen MR) is 71.8 cm³/mol. The van der Waals surface area contributed by atoms with E-state index < -0.39 is 12.0 Å². The number of nitrogens with one attached hydrogen (secondary N) is 1. The van der Waals surface area contributed by atoms with Crippen LogP contribution in [0.1, 0.15) is 22.4 Å². The molecular formula is C14H18N2O2. The number of aryl methyl sites for hydroxylation is 3. The van der Waals surface area contributed by atoms with Crippen molar-refractivity contribution in [2.75, 3.05) is 0 Å². The first kappa shape index (κ1) is 12.6. The molecule has 0 bridgehead atoms. The fraction of sp³-hybridized carbons (Fsp3) is 0.357. The van der Waals surface area contributed by atoms with Gasteiger partial charge in [-0.15, -0.1) is 0 Å². The molecule has 4 nitrogen and oxygen atoms in total. The van der Waals surface area contributed by atoms with Gasteiger partial charge in [-0.05, 0) is 37.5 Å². The normalized spacial score (nSPS) is 12.9. The monoisotopic (exact) mass is 246 g/mol. The van der Waals surface area contributed by atoms with Gasteiger partial charge in [0.15, 0.2) is 0 Å². The van der Waals surface area contributed by atoms with Crippen LogP contribution in [0, 0.1) is 20.8 Å². The second-order valence-electron chi connectivity index (χ2n) is 4.83. The van der Waals surface area contributed by atoms with E-state index in [2.05, 4.69) is 17.1 Å². The summed E-state index contributed by atoms with van der Waals surface area (Å²) < 4.78 is 0. The lowest BCUT2D eigenvalue weighted by atomic mass is 9.98. The number of rotatable bonds is 3. The highest BCUT2D eigenvalue weighted by molar-refractivity contribution is 5.90. The number of carboxylic acid groups (broad SMARTS) is 1. The van der Waals surface area contributed by atoms with E-state index in [0.717, 1.165) is 33.3 Å². The fourth-order valence-corrected chi connectivity index (χ4v) is 2.37. The number of aromatic nitrogens is 1. The van der Waals surface area contributed by atoms with Crippen molar-refractivity contribution in [2.24, 2.45) is 5.73 Å². The number of carbonyl (C=O) groups is 1. The molecule has 0 aliphatic rings. The van der Waals surface area contributed by atoms with Gasteiger partial charge in [-0.25, -0.2) is 0 Å². The molecule has 0 radical (unpaired) electrons. The van der Waals surface area contributed by atoms with Crippen molar-refractivity contribution in [3.8, 4) is 0 Å². The largest absolute Gasteiger partial charge is 0.480 e. The maximum Gasteiger partial charge on any atom is 0.320 e. The van der Waals surface area contributed by atoms with Crippen LogP contribution in [-0.2, 0) is 11.2 Å². The summed E-state index contributed by atoms with van der Waals surface area (Å²) >= 11 is 0. The van der Waals surface area contributed by atoms with E-state index in [0.29, 0.717) is 6.42 Å². The van der Waals surface area contributed by atoms with Crippen LogP contribution in [0.25, 0.3) is 10.9 Å². The minimum absolute atomic E-state index is 0.353. The Kier molecular flexibility index (Phi) is 3.13. The maximum atomic E-state index is 10.9. The third kappa shape index (κ3) is 1.99. The Balaban J connectivity index is 2.60. The number of nitrogens with two attached hydrogens (primary N) is 1. The molecule has 2 aromatic rings. The Bertz CT molecular complexity index is 614. The summed E-state index contributed by atoms with van der Waals surface area (Å²) in [6.45, 7) is 6.03. The molecule has 1 aromatic carbocycles. The van der Waals surface area contributed by atoms with Crippen molar-refractivity contribution in [1.82, 2.24) is 4.98 Å². The molecule has 0 aliphatic carbocycles. The van der Waals surface area contributed by atoms with Gasteiger partial charge in [0.25, 0.3) is 0 Å². The van der Waals surface area contributed by atoms with E-state index in [1.54, 1.807) is 0 Å². The van der Waals surface area contributed by atoms with Crippen LogP contribution in [-0.4, -0.2) is 22.1 Å². The molecule has 0 aliphatic heterocycles. The Hall–Kier alpha value is -1.81. The molecule has 0 saturated carbocycles. The Morgan fingerprint density at radius 2 is 1.94 bits per heavy atom. The molecule has 4 N–H and O–H groups in total. The fourth-order valence-electron chi connectivity index (χ4n) is 2.37. The molecule has 18 heavy (non-hydrogen) atoms. The first-order valence-electron chi connectivity index (χ1n) is 5.97. The predicted octanol–water partition coefficient (Wildman–Crippen LogP) is 2.05. The minimum Gasteiger partial charge on any atom is -0.480 e. The zero-order valence-corrected chi connectivity index (χ0v) is 10.9. The summed E-state index contributed by atoms with van der Waals surface area (Å²) in [6.07, 6.45) is 0.353. The van der Waals surface area contributed by atoms with Gasteiger partial charge in [-0.2, -0.15) is 0 Å². The van der Waals surface area contributed by atoms with Gasteiger partial charge in [-0.1, -0.05) is 12.1 Å². The molecule has 0 spiro atoms. The lowest BCUT2D eigenvalue weighted by molar-refractivity contribution is -0.138. The molecule has 2 rings (SSSR count). The van der Waals surface area contributed by atoms with Crippen molar-refractivity contribution < 1.29 is 9.90 Å². The summed E-state index contributed by atoms with van der Waals surface area (Å²) in [5.41, 5.74) is 11.0. The summed E-state index contributed by atoms with van der Waals surface area (Å²) in [4.78, 5) is 14.2. The zero-order valence-electron chi connectivity index (χ0n) is 10.9. The van der Waals surface area contributed by atoms with Gasteiger partial charge in [-0.3, -0.25) is 4.79 Å². The first-order valence-corrected chi connectivity index (χ1v) is 5.97. The van der Waals surface area contributed by atoms with E-state index in [-0.39, 0.29) is 0 Å². The molecule has 96 valence electrons. The molecule has 0 amide bonds. The molecular weight excluding hydrogens is 228 g/mol. The second-order valence-corrected chi connectivity index (χ2v) is 4.83. The number of hydrogen-bond acceptors (Lipinski definition) is 2. The molecule has 1 heterocycles. The Labute approximate surface area is 106 Å². The van der Waals surface area contributed by atoms with E-state index in [4.69, 9.17) is 10.8 Å². The van der Waals surface area contributed by atoms with E-state index in [1.165, 1.54) is 0 Å². The summed E-state index contributed by atoms with van der Waals surface area (Å²) in [7, 11) is 0. The first-order chi connectivity index (χ1) is 8.41. The van der Waals surface area contributed by atoms with Gasteiger partial charge in [0.2, 0.25) is 0 Å². The lowest BCUT2D eigenvalue weighted by Gasteiger charge is -2.08. The molecule has 0 saturated heterocycles. The van der Waals surface area contributed by atoms with Gasteiger partial charge < -0.3 is 15.8 Å². The topological polar surface area (TPSA) is 79.1 Å². The average molecular weight is 246 g/mol. The van der Waals surface area contributed by atoms with Crippen LogP contribution in [0.3, 0.4) is 0 Å². The number of benzene rings is 1. The van der Waals surface area contributed by atoms with Crippen molar-refractivity contribution in [3.05, 3.63) is 34.5 Å². The van der Waals surface area contributed by atoms with Crippen molar-refractivity contribution in [3.63, 3.8) is 0 Å². The lowest BCUT2D eigenvalue weighted by Crippen LogP contribution is -2.32. The van der Waals surface area contributed by atoms with E-state index >= 15 is 0 Å². The maximum absolute atomic E-state index is 10.9. The summed E-state index contributed by atoms with van der Waals surface area (Å²) in [5, 5.41) is 10.0. The second kappa shape index (κ2) is 4.46. The molecule has 0 fully saturated rings. The Morgan fingerprint density at radius 1 is 1.33 bits per heavy atom. The number of fused-ring (bicyclic) bond motifs is 1. The van der Waals surface area contributed by atoms with Crippen molar-refractivity contribution in [1.29, 1.82) is 0 Å². The highest BCUT2D eigenvalue weighted by Crippen LogP contribution is 2.28. The number of H-pyrrole nitrogens is 1. The van der Waals surface area contributed by atoms with Crippen LogP contribution < -0.4 is 5.73 Å². The minimum atomic E-state index is -0.964. The SMILES string of the molecule is Cc1[nH]c2c(C)ccc(C)c2c1CC(N)C(=O)O. The highest BCUT2D eigenvalue weighted by Gasteiger charge is 2.18. The number of carboxylic acids is 1. The van der Waals surface area contributed by atoms with Crippen LogP contribution >= 0.6 is 0 Å². The van der Waals surface area contributed by atoms with Crippen molar-refractivity contribution in [2.45, 2.75) is 33.2 Å². The quantitative estimate of drug-likeness (QED) is 0.775. The number of hydrogen-bond donors (Lipinski definition) is 3. The third-order valence-electron chi connectivity index (χ3n) is 3.43. The molecule has 1 unspecified atom stereocenters. The third-order valence-corrected chi connectivity index (χ3v) is 3.43. The van der Waals surface area contributed by atoms with Gasteiger partial charge in [0.05, 0.1) is 0 Å². The summed E-state index contributed by atoms with van der Waals surface area (Å²) in [5.74, 6) is -0.964. The van der Waals surface area contributed by atoms with Crippen LogP contribution in [0.5, 0.6) is 0 Å². The van der Waals surface area contributed by atoms with Crippen LogP contribution in [0.15, 0.2) is 12.1 Å². The van der Waals surface area contributed by atoms with Gasteiger partial charge in [0.1, 0.15) is 6.04 Å².